The Morgan fingerprint density at radius 1 is 1.07 bits per heavy atom. The number of rotatable bonds is 4. The minimum Gasteiger partial charge on any atom is -0.502 e. The normalized spacial score (nSPS) is 16.1. The zero-order chi connectivity index (χ0) is 21.4. The number of carbonyl (C=O) groups excluding carboxylic acids is 1. The van der Waals surface area contributed by atoms with Crippen LogP contribution in [0.5, 0.6) is 5.75 Å². The molecule has 1 aromatic heterocycles. The number of hydrogen-bond acceptors (Lipinski definition) is 4. The molecular formula is C24H25N3O3. The number of fused-ring (bicyclic) bond motifs is 1. The zero-order valence-electron chi connectivity index (χ0n) is 17.4. The first-order valence-corrected chi connectivity index (χ1v) is 10.1. The van der Waals surface area contributed by atoms with Gasteiger partial charge in [0, 0.05) is 19.0 Å². The minimum absolute atomic E-state index is 0.0362. The monoisotopic (exact) mass is 403 g/mol. The smallest absolute Gasteiger partial charge is 0.276 e. The summed E-state index contributed by atoms with van der Waals surface area (Å²) >= 11 is 0. The quantitative estimate of drug-likeness (QED) is 0.724. The Morgan fingerprint density at radius 3 is 2.20 bits per heavy atom. The number of aryl methyl sites for hydroxylation is 2. The van der Waals surface area contributed by atoms with E-state index in [1.165, 1.54) is 0 Å². The van der Waals surface area contributed by atoms with Gasteiger partial charge in [-0.3, -0.25) is 14.3 Å². The second kappa shape index (κ2) is 7.78. The molecule has 0 aliphatic carbocycles. The van der Waals surface area contributed by atoms with Crippen molar-refractivity contribution in [2.75, 3.05) is 13.1 Å². The van der Waals surface area contributed by atoms with E-state index in [-0.39, 0.29) is 23.6 Å². The number of nitrogens with zero attached hydrogens (tertiary/aromatic N) is 3. The molecule has 2 heterocycles. The predicted molar refractivity (Wildman–Crippen MR) is 115 cm³/mol. The second-order valence-corrected chi connectivity index (χ2v) is 7.87. The van der Waals surface area contributed by atoms with Crippen molar-refractivity contribution in [1.29, 1.82) is 0 Å². The number of amides is 1. The van der Waals surface area contributed by atoms with Crippen molar-refractivity contribution in [3.8, 4) is 5.75 Å². The van der Waals surface area contributed by atoms with Crippen LogP contribution < -0.4 is 5.43 Å². The van der Waals surface area contributed by atoms with E-state index in [1.54, 1.807) is 9.58 Å². The topological polar surface area (TPSA) is 75.4 Å². The van der Waals surface area contributed by atoms with Crippen LogP contribution in [0.1, 0.15) is 51.6 Å². The average molecular weight is 403 g/mol. The van der Waals surface area contributed by atoms with Gasteiger partial charge >= 0.3 is 0 Å². The summed E-state index contributed by atoms with van der Waals surface area (Å²) < 4.78 is 1.54. The first-order valence-electron chi connectivity index (χ1n) is 10.1. The molecule has 1 N–H and O–H groups in total. The summed E-state index contributed by atoms with van der Waals surface area (Å²) in [5.74, 6) is -1.02. The highest BCUT2D eigenvalue weighted by Crippen LogP contribution is 2.39. The van der Waals surface area contributed by atoms with E-state index >= 15 is 0 Å². The van der Waals surface area contributed by atoms with Crippen LogP contribution in [0.3, 0.4) is 0 Å². The maximum absolute atomic E-state index is 12.9. The number of hydrogen-bond donors (Lipinski definition) is 1. The molecule has 1 atom stereocenters. The summed E-state index contributed by atoms with van der Waals surface area (Å²) in [6, 6.07) is 16.3. The van der Waals surface area contributed by atoms with Gasteiger partial charge in [-0.15, -0.1) is 0 Å². The fourth-order valence-corrected chi connectivity index (χ4v) is 4.33. The third kappa shape index (κ3) is 3.38. The molecule has 0 unspecified atom stereocenters. The van der Waals surface area contributed by atoms with Gasteiger partial charge in [-0.05, 0) is 31.9 Å². The summed E-state index contributed by atoms with van der Waals surface area (Å²) in [5, 5.41) is 14.7. The van der Waals surface area contributed by atoms with E-state index in [2.05, 4.69) is 55.3 Å². The number of carbonyl (C=O) groups is 1. The van der Waals surface area contributed by atoms with Crippen LogP contribution in [0.25, 0.3) is 0 Å². The molecule has 6 heteroatoms. The van der Waals surface area contributed by atoms with E-state index in [9.17, 15) is 14.7 Å². The van der Waals surface area contributed by atoms with Gasteiger partial charge in [0.2, 0.25) is 5.43 Å². The van der Waals surface area contributed by atoms with Crippen molar-refractivity contribution in [3.63, 3.8) is 0 Å². The molecule has 154 valence electrons. The lowest BCUT2D eigenvalue weighted by atomic mass is 9.82. The number of aromatic hydroxyl groups is 1. The van der Waals surface area contributed by atoms with E-state index in [4.69, 9.17) is 0 Å². The molecule has 0 saturated heterocycles. The van der Waals surface area contributed by atoms with Crippen molar-refractivity contribution in [1.82, 2.24) is 14.7 Å². The standard InChI is InChI=1S/C24H25N3O3/c1-4-26-14-19(27-22(24(26)30)23(29)20(28)13-25-27)21(17-9-5-7-15(2)11-17)18-10-6-8-16(3)12-18/h5-13,19,21,29H,4,14H2,1-3H3/t19-/m0/s1. The fourth-order valence-electron chi connectivity index (χ4n) is 4.33. The van der Waals surface area contributed by atoms with Crippen LogP contribution in [0.2, 0.25) is 0 Å². The van der Waals surface area contributed by atoms with Gasteiger partial charge in [-0.2, -0.15) is 5.10 Å². The van der Waals surface area contributed by atoms with Gasteiger partial charge in [0.05, 0.1) is 12.2 Å². The highest BCUT2D eigenvalue weighted by Gasteiger charge is 2.39. The van der Waals surface area contributed by atoms with Gasteiger partial charge in [0.1, 0.15) is 0 Å². The van der Waals surface area contributed by atoms with Gasteiger partial charge in [0.15, 0.2) is 11.4 Å². The molecule has 3 aromatic rings. The molecule has 0 radical (unpaired) electrons. The zero-order valence-corrected chi connectivity index (χ0v) is 17.4. The highest BCUT2D eigenvalue weighted by molar-refractivity contribution is 5.95. The molecule has 0 fully saturated rings. The molecule has 2 aromatic carbocycles. The van der Waals surface area contributed by atoms with Gasteiger partial charge in [-0.1, -0.05) is 59.7 Å². The van der Waals surface area contributed by atoms with Crippen molar-refractivity contribution >= 4 is 5.91 Å². The van der Waals surface area contributed by atoms with E-state index in [1.807, 2.05) is 19.1 Å². The largest absolute Gasteiger partial charge is 0.502 e. The van der Waals surface area contributed by atoms with E-state index < -0.39 is 11.2 Å². The number of likely N-dealkylation sites (N-methyl/N-ethyl adjacent to an activating group) is 1. The Labute approximate surface area is 175 Å². The number of benzene rings is 2. The molecular weight excluding hydrogens is 378 g/mol. The molecule has 4 rings (SSSR count). The molecule has 0 spiro atoms. The SMILES string of the molecule is CCN1C[C@@H](C(c2cccc(C)c2)c2cccc(C)c2)n2ncc(=O)c(O)c2C1=O. The summed E-state index contributed by atoms with van der Waals surface area (Å²) in [5.41, 5.74) is 3.80. The number of aromatic nitrogens is 2. The first kappa shape index (κ1) is 19.9. The summed E-state index contributed by atoms with van der Waals surface area (Å²) in [6.45, 7) is 6.91. The molecule has 1 amide bonds. The van der Waals surface area contributed by atoms with Crippen molar-refractivity contribution in [3.05, 3.63) is 92.9 Å². The van der Waals surface area contributed by atoms with Crippen LogP contribution in [-0.2, 0) is 0 Å². The maximum Gasteiger partial charge on any atom is 0.276 e. The van der Waals surface area contributed by atoms with Crippen LogP contribution >= 0.6 is 0 Å². The summed E-state index contributed by atoms with van der Waals surface area (Å²) in [6.07, 6.45) is 1.09. The van der Waals surface area contributed by atoms with Gasteiger partial charge in [-0.25, -0.2) is 0 Å². The van der Waals surface area contributed by atoms with Gasteiger partial charge in [0.25, 0.3) is 5.91 Å². The van der Waals surface area contributed by atoms with Crippen LogP contribution in [0.4, 0.5) is 0 Å². The Bertz CT molecular complexity index is 1120. The predicted octanol–water partition coefficient (Wildman–Crippen LogP) is 3.41. The third-order valence-electron chi connectivity index (χ3n) is 5.77. The lowest BCUT2D eigenvalue weighted by Crippen LogP contribution is -2.46. The Kier molecular flexibility index (Phi) is 5.16. The van der Waals surface area contributed by atoms with E-state index in [0.29, 0.717) is 13.1 Å². The fraction of sp³-hybridized carbons (Fsp3) is 0.292. The van der Waals surface area contributed by atoms with Crippen molar-refractivity contribution < 1.29 is 9.90 Å². The lowest BCUT2D eigenvalue weighted by molar-refractivity contribution is 0.0646. The van der Waals surface area contributed by atoms with E-state index in [0.717, 1.165) is 28.5 Å². The summed E-state index contributed by atoms with van der Waals surface area (Å²) in [7, 11) is 0. The average Bonchev–Trinajstić information content (AvgIpc) is 2.72. The molecule has 0 saturated carbocycles. The Morgan fingerprint density at radius 2 is 1.67 bits per heavy atom. The molecule has 1 aliphatic rings. The minimum atomic E-state index is -0.644. The molecule has 0 bridgehead atoms. The molecule has 1 aliphatic heterocycles. The Balaban J connectivity index is 1.97. The van der Waals surface area contributed by atoms with Crippen LogP contribution in [-0.4, -0.2) is 38.8 Å². The third-order valence-corrected chi connectivity index (χ3v) is 5.77. The highest BCUT2D eigenvalue weighted by atomic mass is 16.3. The lowest BCUT2D eigenvalue weighted by Gasteiger charge is -2.39. The van der Waals surface area contributed by atoms with Crippen LogP contribution in [0.15, 0.2) is 59.5 Å². The molecule has 30 heavy (non-hydrogen) atoms. The van der Waals surface area contributed by atoms with Crippen molar-refractivity contribution in [2.45, 2.75) is 32.7 Å². The van der Waals surface area contributed by atoms with Crippen molar-refractivity contribution in [2.24, 2.45) is 0 Å². The maximum atomic E-state index is 12.9. The van der Waals surface area contributed by atoms with Gasteiger partial charge < -0.3 is 10.0 Å². The molecule has 6 nitrogen and oxygen atoms in total. The van der Waals surface area contributed by atoms with Crippen LogP contribution in [0, 0.1) is 13.8 Å². The Hall–Kier alpha value is -3.41. The summed E-state index contributed by atoms with van der Waals surface area (Å²) in [4.78, 5) is 26.6. The second-order valence-electron chi connectivity index (χ2n) is 7.87. The first-order chi connectivity index (χ1) is 14.4.